The van der Waals surface area contributed by atoms with Gasteiger partial charge in [-0.3, -0.25) is 9.59 Å². The lowest BCUT2D eigenvalue weighted by Gasteiger charge is -2.33. The number of nitrogens with two attached hydrogens (primary N) is 1. The molecule has 0 aliphatic carbocycles. The number of amides is 2. The minimum atomic E-state index is -0.387. The predicted octanol–water partition coefficient (Wildman–Crippen LogP) is 1.99. The number of aromatic nitrogens is 2. The summed E-state index contributed by atoms with van der Waals surface area (Å²) in [6.07, 6.45) is 7.71. The van der Waals surface area contributed by atoms with Crippen LogP contribution in [0.3, 0.4) is 0 Å². The number of para-hydroxylation sites is 1. The summed E-state index contributed by atoms with van der Waals surface area (Å²) in [6, 6.07) is 7.94. The van der Waals surface area contributed by atoms with Crippen molar-refractivity contribution in [3.8, 4) is 0 Å². The highest BCUT2D eigenvalue weighted by Crippen LogP contribution is 2.30. The van der Waals surface area contributed by atoms with Crippen molar-refractivity contribution in [2.24, 2.45) is 5.73 Å². The number of piperidine rings is 1. The SMILES string of the molecule is NC(=O)Cn1ccnc1[C@@H]1CCCN(C(=O)c2ccccc2N2CCCC2)C1. The van der Waals surface area contributed by atoms with Crippen LogP contribution in [-0.4, -0.2) is 52.4 Å². The Labute approximate surface area is 165 Å². The summed E-state index contributed by atoms with van der Waals surface area (Å²) in [5.74, 6) is 0.651. The number of carbonyl (C=O) groups excluding carboxylic acids is 2. The van der Waals surface area contributed by atoms with E-state index in [4.69, 9.17) is 5.73 Å². The zero-order chi connectivity index (χ0) is 19.5. The highest BCUT2D eigenvalue weighted by Gasteiger charge is 2.30. The first kappa shape index (κ1) is 18.5. The van der Waals surface area contributed by atoms with Crippen LogP contribution in [0.1, 0.15) is 47.8 Å². The van der Waals surface area contributed by atoms with E-state index >= 15 is 0 Å². The Morgan fingerprint density at radius 2 is 1.89 bits per heavy atom. The molecule has 2 fully saturated rings. The third kappa shape index (κ3) is 3.74. The largest absolute Gasteiger partial charge is 0.371 e. The van der Waals surface area contributed by atoms with E-state index in [2.05, 4.69) is 16.0 Å². The average Bonchev–Trinajstić information content (AvgIpc) is 3.39. The first-order chi connectivity index (χ1) is 13.6. The molecule has 0 saturated carbocycles. The maximum atomic E-state index is 13.4. The number of nitrogens with zero attached hydrogens (tertiary/aromatic N) is 4. The molecule has 2 aromatic rings. The van der Waals surface area contributed by atoms with Crippen molar-refractivity contribution in [1.82, 2.24) is 14.5 Å². The average molecular weight is 381 g/mol. The van der Waals surface area contributed by atoms with E-state index in [0.29, 0.717) is 6.54 Å². The minimum Gasteiger partial charge on any atom is -0.371 e. The number of hydrogen-bond acceptors (Lipinski definition) is 4. The number of primary amides is 1. The number of anilines is 1. The molecule has 1 aromatic carbocycles. The lowest BCUT2D eigenvalue weighted by molar-refractivity contribution is -0.118. The van der Waals surface area contributed by atoms with Gasteiger partial charge < -0.3 is 20.1 Å². The summed E-state index contributed by atoms with van der Waals surface area (Å²) in [5, 5.41) is 0. The van der Waals surface area contributed by atoms with Gasteiger partial charge in [0, 0.05) is 50.2 Å². The zero-order valence-electron chi connectivity index (χ0n) is 16.1. The maximum absolute atomic E-state index is 13.4. The van der Waals surface area contributed by atoms with Gasteiger partial charge in [0.25, 0.3) is 5.91 Å². The number of rotatable bonds is 5. The number of carbonyl (C=O) groups is 2. The van der Waals surface area contributed by atoms with Crippen LogP contribution < -0.4 is 10.6 Å². The van der Waals surface area contributed by atoms with Crippen molar-refractivity contribution in [3.05, 3.63) is 48.0 Å². The summed E-state index contributed by atoms with van der Waals surface area (Å²) in [7, 11) is 0. The molecular formula is C21H27N5O2. The number of imidazole rings is 1. The van der Waals surface area contributed by atoms with E-state index in [9.17, 15) is 9.59 Å². The van der Waals surface area contributed by atoms with Crippen molar-refractivity contribution in [2.45, 2.75) is 38.1 Å². The Morgan fingerprint density at radius 3 is 2.68 bits per heavy atom. The molecule has 2 N–H and O–H groups in total. The van der Waals surface area contributed by atoms with Gasteiger partial charge in [-0.1, -0.05) is 12.1 Å². The first-order valence-electron chi connectivity index (χ1n) is 10.1. The van der Waals surface area contributed by atoms with Crippen LogP contribution in [0.2, 0.25) is 0 Å². The van der Waals surface area contributed by atoms with Gasteiger partial charge in [0.05, 0.1) is 5.56 Å². The Morgan fingerprint density at radius 1 is 1.11 bits per heavy atom. The molecule has 0 spiro atoms. The normalized spacial score (nSPS) is 19.8. The summed E-state index contributed by atoms with van der Waals surface area (Å²) in [4.78, 5) is 33.4. The van der Waals surface area contributed by atoms with Gasteiger partial charge in [-0.05, 0) is 37.8 Å². The highest BCUT2D eigenvalue weighted by molar-refractivity contribution is 6.00. The quantitative estimate of drug-likeness (QED) is 0.858. The Hall–Kier alpha value is -2.83. The molecule has 0 radical (unpaired) electrons. The Balaban J connectivity index is 1.53. The summed E-state index contributed by atoms with van der Waals surface area (Å²) < 4.78 is 1.80. The number of likely N-dealkylation sites (tertiary alicyclic amines) is 1. The van der Waals surface area contributed by atoms with E-state index in [1.807, 2.05) is 23.1 Å². The molecule has 0 bridgehead atoms. The molecule has 4 rings (SSSR count). The molecule has 3 heterocycles. The lowest BCUT2D eigenvalue weighted by Crippen LogP contribution is -2.40. The first-order valence-corrected chi connectivity index (χ1v) is 10.1. The van der Waals surface area contributed by atoms with Crippen molar-refractivity contribution in [2.75, 3.05) is 31.1 Å². The number of benzene rings is 1. The van der Waals surface area contributed by atoms with Gasteiger partial charge in [0.1, 0.15) is 12.4 Å². The van der Waals surface area contributed by atoms with Crippen LogP contribution in [-0.2, 0) is 11.3 Å². The molecule has 2 amide bonds. The molecular weight excluding hydrogens is 354 g/mol. The summed E-state index contributed by atoms with van der Waals surface area (Å²) in [5.41, 5.74) is 7.18. The fourth-order valence-electron chi connectivity index (χ4n) is 4.41. The Bertz CT molecular complexity index is 856. The maximum Gasteiger partial charge on any atom is 0.255 e. The van der Waals surface area contributed by atoms with E-state index in [-0.39, 0.29) is 24.3 Å². The van der Waals surface area contributed by atoms with Crippen molar-refractivity contribution in [3.63, 3.8) is 0 Å². The molecule has 2 aliphatic rings. The van der Waals surface area contributed by atoms with Crippen LogP contribution in [0, 0.1) is 0 Å². The smallest absolute Gasteiger partial charge is 0.255 e. The van der Waals surface area contributed by atoms with Crippen LogP contribution in [0.25, 0.3) is 0 Å². The molecule has 2 saturated heterocycles. The van der Waals surface area contributed by atoms with Gasteiger partial charge in [-0.2, -0.15) is 0 Å². The Kier molecular flexibility index (Phi) is 5.32. The molecule has 7 heteroatoms. The van der Waals surface area contributed by atoms with Gasteiger partial charge in [0.2, 0.25) is 5.91 Å². The van der Waals surface area contributed by atoms with Crippen LogP contribution in [0.5, 0.6) is 0 Å². The predicted molar refractivity (Wildman–Crippen MR) is 107 cm³/mol. The molecule has 2 aliphatic heterocycles. The molecule has 1 atom stereocenters. The summed E-state index contributed by atoms with van der Waals surface area (Å²) >= 11 is 0. The van der Waals surface area contributed by atoms with Crippen molar-refractivity contribution in [1.29, 1.82) is 0 Å². The van der Waals surface area contributed by atoms with Crippen LogP contribution >= 0.6 is 0 Å². The topological polar surface area (TPSA) is 84.5 Å². The molecule has 0 unspecified atom stereocenters. The molecule has 1 aromatic heterocycles. The van der Waals surface area contributed by atoms with E-state index in [1.165, 1.54) is 12.8 Å². The van der Waals surface area contributed by atoms with Crippen molar-refractivity contribution < 1.29 is 9.59 Å². The van der Waals surface area contributed by atoms with Gasteiger partial charge in [-0.15, -0.1) is 0 Å². The minimum absolute atomic E-state index is 0.0835. The highest BCUT2D eigenvalue weighted by atomic mass is 16.2. The van der Waals surface area contributed by atoms with Crippen molar-refractivity contribution >= 4 is 17.5 Å². The van der Waals surface area contributed by atoms with E-state index in [1.54, 1.807) is 17.0 Å². The molecule has 7 nitrogen and oxygen atoms in total. The van der Waals surface area contributed by atoms with E-state index < -0.39 is 0 Å². The second-order valence-corrected chi connectivity index (χ2v) is 7.68. The molecule has 148 valence electrons. The van der Waals surface area contributed by atoms with Gasteiger partial charge >= 0.3 is 0 Å². The van der Waals surface area contributed by atoms with Crippen LogP contribution in [0.15, 0.2) is 36.7 Å². The standard InChI is InChI=1S/C21H27N5O2/c22-19(27)15-25-13-9-23-20(25)16-6-5-12-26(14-16)21(28)17-7-1-2-8-18(17)24-10-3-4-11-24/h1-2,7-9,13,16H,3-6,10-12,14-15H2,(H2,22,27)/t16-/m1/s1. The van der Waals surface area contributed by atoms with E-state index in [0.717, 1.165) is 49.6 Å². The van der Waals surface area contributed by atoms with Crippen LogP contribution in [0.4, 0.5) is 5.69 Å². The fraction of sp³-hybridized carbons (Fsp3) is 0.476. The summed E-state index contributed by atoms with van der Waals surface area (Å²) in [6.45, 7) is 3.51. The third-order valence-corrected chi connectivity index (χ3v) is 5.73. The monoisotopic (exact) mass is 381 g/mol. The second kappa shape index (κ2) is 8.04. The van der Waals surface area contributed by atoms with Gasteiger partial charge in [-0.25, -0.2) is 4.98 Å². The molecule has 28 heavy (non-hydrogen) atoms. The third-order valence-electron chi connectivity index (χ3n) is 5.73. The zero-order valence-corrected chi connectivity index (χ0v) is 16.1. The fourth-order valence-corrected chi connectivity index (χ4v) is 4.41. The number of hydrogen-bond donors (Lipinski definition) is 1. The van der Waals surface area contributed by atoms with Gasteiger partial charge in [0.15, 0.2) is 0 Å². The lowest BCUT2D eigenvalue weighted by atomic mass is 9.96. The second-order valence-electron chi connectivity index (χ2n) is 7.68.